The topological polar surface area (TPSA) is 36.9 Å². The van der Waals surface area contributed by atoms with Gasteiger partial charge < -0.3 is 18.8 Å². The lowest BCUT2D eigenvalue weighted by molar-refractivity contribution is 0.00578. The first-order valence-electron chi connectivity index (χ1n) is 13.3. The van der Waals surface area contributed by atoms with Crippen LogP contribution in [-0.4, -0.2) is 40.3 Å². The van der Waals surface area contributed by atoms with Crippen LogP contribution < -0.4 is 10.2 Å². The molecule has 6 heteroatoms. The molecule has 4 nitrogen and oxygen atoms in total. The zero-order chi connectivity index (χ0) is 27.1. The van der Waals surface area contributed by atoms with E-state index in [2.05, 4.69) is 106 Å². The second-order valence-electron chi connectivity index (χ2n) is 12.2. The number of ether oxygens (including phenoxy) is 2. The smallest absolute Gasteiger partial charge is 0.468 e. The van der Waals surface area contributed by atoms with E-state index in [0.29, 0.717) is 16.6 Å². The second kappa shape index (κ2) is 10.5. The minimum Gasteiger partial charge on any atom is -0.468 e. The molecule has 1 saturated heterocycles. The molecule has 1 heterocycles. The van der Waals surface area contributed by atoms with E-state index < -0.39 is 26.4 Å². The predicted octanol–water partition coefficient (Wildman–Crippen LogP) is 7.00. The van der Waals surface area contributed by atoms with Crippen LogP contribution in [0.4, 0.5) is 0 Å². The molecule has 2 aromatic carbocycles. The maximum atomic E-state index is 6.52. The highest BCUT2D eigenvalue weighted by atomic mass is 28.3. The Hall–Kier alpha value is -1.78. The number of aryl methyl sites for hydroxylation is 1. The largest absolute Gasteiger partial charge is 0.495 e. The highest BCUT2D eigenvalue weighted by Crippen LogP contribution is 2.41. The van der Waals surface area contributed by atoms with Crippen molar-refractivity contribution in [1.29, 1.82) is 0 Å². The molecular weight excluding hydrogens is 463 g/mol. The van der Waals surface area contributed by atoms with Crippen LogP contribution in [0, 0.1) is 18.4 Å². The van der Waals surface area contributed by atoms with Crippen molar-refractivity contribution in [3.63, 3.8) is 0 Å². The van der Waals surface area contributed by atoms with Crippen LogP contribution in [0.3, 0.4) is 0 Å². The molecule has 3 rings (SSSR count). The van der Waals surface area contributed by atoms with Crippen molar-refractivity contribution in [2.45, 2.75) is 104 Å². The molecule has 0 atom stereocenters. The fourth-order valence-electron chi connectivity index (χ4n) is 5.71. The van der Waals surface area contributed by atoms with Crippen molar-refractivity contribution in [2.75, 3.05) is 13.9 Å². The second-order valence-corrected chi connectivity index (χ2v) is 17.7. The van der Waals surface area contributed by atoms with Crippen molar-refractivity contribution in [1.82, 2.24) is 0 Å². The van der Waals surface area contributed by atoms with Crippen LogP contribution in [0.2, 0.25) is 16.6 Å². The third-order valence-corrected chi connectivity index (χ3v) is 14.7. The number of fused-ring (bicyclic) bond motifs is 1. The Morgan fingerprint density at radius 3 is 1.97 bits per heavy atom. The molecule has 0 N–H and O–H groups in total. The van der Waals surface area contributed by atoms with Gasteiger partial charge in [-0.3, -0.25) is 0 Å². The van der Waals surface area contributed by atoms with Gasteiger partial charge in [-0.05, 0) is 85.2 Å². The monoisotopic (exact) mass is 508 g/mol. The first-order valence-corrected chi connectivity index (χ1v) is 15.5. The summed E-state index contributed by atoms with van der Waals surface area (Å²) >= 11 is 0. The van der Waals surface area contributed by atoms with Crippen LogP contribution in [0.5, 0.6) is 5.75 Å². The van der Waals surface area contributed by atoms with Gasteiger partial charge in [0, 0.05) is 12.7 Å². The van der Waals surface area contributed by atoms with E-state index in [-0.39, 0.29) is 6.79 Å². The van der Waals surface area contributed by atoms with Gasteiger partial charge in [0.2, 0.25) is 0 Å². The highest BCUT2D eigenvalue weighted by Gasteiger charge is 2.52. The minimum absolute atomic E-state index is 0.179. The molecule has 1 fully saturated rings. The third-order valence-electron chi connectivity index (χ3n) is 8.45. The molecule has 0 radical (unpaired) electrons. The van der Waals surface area contributed by atoms with E-state index in [1.54, 1.807) is 7.11 Å². The molecule has 1 aliphatic rings. The Morgan fingerprint density at radius 2 is 1.47 bits per heavy atom. The summed E-state index contributed by atoms with van der Waals surface area (Å²) in [6, 6.07) is 8.39. The summed E-state index contributed by atoms with van der Waals surface area (Å²) in [6.07, 6.45) is 0. The van der Waals surface area contributed by atoms with E-state index in [0.717, 1.165) is 33.1 Å². The van der Waals surface area contributed by atoms with Crippen molar-refractivity contribution in [3.05, 3.63) is 35.4 Å². The average molecular weight is 509 g/mol. The zero-order valence-electron chi connectivity index (χ0n) is 24.5. The maximum Gasteiger partial charge on any atom is 0.495 e. The Balaban J connectivity index is 2.32. The van der Waals surface area contributed by atoms with E-state index in [1.807, 2.05) is 6.07 Å². The minimum atomic E-state index is -1.91. The molecule has 0 spiro atoms. The number of hydrogen-bond donors (Lipinski definition) is 0. The van der Waals surface area contributed by atoms with Crippen LogP contribution in [-0.2, 0) is 14.0 Å². The molecule has 36 heavy (non-hydrogen) atoms. The average Bonchev–Trinajstić information content (AvgIpc) is 2.99. The summed E-state index contributed by atoms with van der Waals surface area (Å²) in [7, 11) is -0.802. The molecule has 0 aromatic heterocycles. The summed E-state index contributed by atoms with van der Waals surface area (Å²) in [4.78, 5) is 0. The van der Waals surface area contributed by atoms with Gasteiger partial charge in [-0.25, -0.2) is 0 Å². The zero-order valence-corrected chi connectivity index (χ0v) is 25.5. The summed E-state index contributed by atoms with van der Waals surface area (Å²) in [5.41, 5.74) is 7.93. The molecule has 0 amide bonds. The number of hydrogen-bond acceptors (Lipinski definition) is 4. The van der Waals surface area contributed by atoms with Gasteiger partial charge in [0.25, 0.3) is 0 Å². The van der Waals surface area contributed by atoms with Crippen LogP contribution in [0.25, 0.3) is 10.8 Å². The lowest BCUT2D eigenvalue weighted by Crippen LogP contribution is -2.43. The van der Waals surface area contributed by atoms with Crippen molar-refractivity contribution < 1.29 is 18.8 Å². The van der Waals surface area contributed by atoms with Crippen molar-refractivity contribution >= 4 is 31.4 Å². The van der Waals surface area contributed by atoms with E-state index >= 15 is 0 Å². The summed E-state index contributed by atoms with van der Waals surface area (Å²) < 4.78 is 24.1. The summed E-state index contributed by atoms with van der Waals surface area (Å²) in [6.45, 7) is 24.8. The Labute approximate surface area is 220 Å². The maximum absolute atomic E-state index is 6.52. The van der Waals surface area contributed by atoms with E-state index in [9.17, 15) is 0 Å². The highest BCUT2D eigenvalue weighted by molar-refractivity contribution is 6.90. The molecule has 1 aliphatic heterocycles. The van der Waals surface area contributed by atoms with Gasteiger partial charge in [0.05, 0.1) is 11.2 Å². The quantitative estimate of drug-likeness (QED) is 0.229. The van der Waals surface area contributed by atoms with Crippen LogP contribution >= 0.6 is 0 Å². The first kappa shape index (κ1) is 28.8. The van der Waals surface area contributed by atoms with Gasteiger partial charge in [-0.1, -0.05) is 59.6 Å². The van der Waals surface area contributed by atoms with Gasteiger partial charge in [-0.15, -0.1) is 5.54 Å². The van der Waals surface area contributed by atoms with E-state index in [1.165, 1.54) is 0 Å². The van der Waals surface area contributed by atoms with Crippen LogP contribution in [0.15, 0.2) is 24.3 Å². The van der Waals surface area contributed by atoms with Gasteiger partial charge in [0.1, 0.15) is 13.8 Å². The number of methoxy groups -OCH3 is 1. The number of rotatable bonds is 7. The summed E-state index contributed by atoms with van der Waals surface area (Å²) in [5, 5.41) is 2.15. The van der Waals surface area contributed by atoms with Gasteiger partial charge >= 0.3 is 7.12 Å². The first-order chi connectivity index (χ1) is 16.7. The lowest BCUT2D eigenvalue weighted by Gasteiger charge is -2.38. The molecular formula is C30H45BO4Si. The molecule has 196 valence electrons. The summed E-state index contributed by atoms with van der Waals surface area (Å²) in [5.74, 6) is 4.47. The number of benzene rings is 2. The SMILES string of the molecule is COCOc1cc(B2OC(C)(C)C(C)(C)O2)c2c(C#C[Si](C(C)C)(C(C)C)C(C)C)c(C)ccc2c1. The Kier molecular flexibility index (Phi) is 8.42. The van der Waals surface area contributed by atoms with E-state index in [4.69, 9.17) is 18.8 Å². The normalized spacial score (nSPS) is 17.2. The fraction of sp³-hybridized carbons (Fsp3) is 0.600. The third kappa shape index (κ3) is 5.13. The molecule has 0 saturated carbocycles. The van der Waals surface area contributed by atoms with Gasteiger partial charge in [-0.2, -0.15) is 0 Å². The molecule has 0 aliphatic carbocycles. The van der Waals surface area contributed by atoms with Crippen molar-refractivity contribution in [3.8, 4) is 17.2 Å². The van der Waals surface area contributed by atoms with Crippen LogP contribution in [0.1, 0.15) is 80.4 Å². The Bertz CT molecular complexity index is 1120. The fourth-order valence-corrected chi connectivity index (χ4v) is 10.9. The molecule has 0 unspecified atom stereocenters. The predicted molar refractivity (Wildman–Crippen MR) is 155 cm³/mol. The molecule has 0 bridgehead atoms. The molecule has 2 aromatic rings. The lowest BCUT2D eigenvalue weighted by atomic mass is 9.74. The standard InChI is InChI=1S/C30H45BO4Si/c1-20(2)36(21(3)4,22(5)6)16-15-26-23(7)13-14-24-17-25(33-19-32-12)18-27(28(24)26)31-34-29(8,9)30(10,11)35-31/h13-14,17-18,20-22H,19H2,1-12H3. The van der Waals surface area contributed by atoms with Gasteiger partial charge in [0.15, 0.2) is 6.79 Å². The van der Waals surface area contributed by atoms with Crippen molar-refractivity contribution in [2.24, 2.45) is 0 Å². The Morgan fingerprint density at radius 1 is 0.917 bits per heavy atom.